The first-order valence-corrected chi connectivity index (χ1v) is 12.5. The number of anilines is 2. The minimum Gasteiger partial charge on any atom is -0.340 e. The minimum atomic E-state index is -0.461. The lowest BCUT2D eigenvalue weighted by Crippen LogP contribution is -2.49. The first-order chi connectivity index (χ1) is 18.2. The molecule has 0 spiro atoms. The van der Waals surface area contributed by atoms with E-state index in [-0.39, 0.29) is 24.8 Å². The zero-order valence-electron chi connectivity index (χ0n) is 21.0. The van der Waals surface area contributed by atoms with Gasteiger partial charge in [0.05, 0.1) is 13.1 Å². The molecule has 0 atom stereocenters. The van der Waals surface area contributed by atoms with Crippen LogP contribution in [0.4, 0.5) is 16.0 Å². The summed E-state index contributed by atoms with van der Waals surface area (Å²) in [6.07, 6.45) is 0. The highest BCUT2D eigenvalue weighted by Crippen LogP contribution is 2.23. The van der Waals surface area contributed by atoms with Crippen LogP contribution in [0.1, 0.15) is 5.56 Å². The van der Waals surface area contributed by atoms with Gasteiger partial charge in [0.25, 0.3) is 5.56 Å². The van der Waals surface area contributed by atoms with Crippen molar-refractivity contribution in [2.24, 2.45) is 14.1 Å². The Hall–Kier alpha value is -3.96. The second-order valence-electron chi connectivity index (χ2n) is 9.32. The van der Waals surface area contributed by atoms with Crippen molar-refractivity contribution in [2.45, 2.75) is 6.54 Å². The lowest BCUT2D eigenvalue weighted by molar-refractivity contribution is -0.117. The Labute approximate surface area is 222 Å². The van der Waals surface area contributed by atoms with Crippen LogP contribution in [0.25, 0.3) is 11.2 Å². The third kappa shape index (κ3) is 5.07. The van der Waals surface area contributed by atoms with Crippen molar-refractivity contribution >= 4 is 40.3 Å². The van der Waals surface area contributed by atoms with Gasteiger partial charge in [-0.15, -0.1) is 0 Å². The van der Waals surface area contributed by atoms with Gasteiger partial charge in [0.1, 0.15) is 5.82 Å². The highest BCUT2D eigenvalue weighted by Gasteiger charge is 2.26. The van der Waals surface area contributed by atoms with Crippen LogP contribution in [0.3, 0.4) is 0 Å². The molecule has 1 fully saturated rings. The topological polar surface area (TPSA) is 97.4 Å². The molecule has 2 aromatic carbocycles. The number of hydrogen-bond acceptors (Lipinski definition) is 6. The molecule has 198 valence electrons. The molecule has 1 amide bonds. The molecule has 0 bridgehead atoms. The Morgan fingerprint density at radius 1 is 0.974 bits per heavy atom. The molecule has 0 unspecified atom stereocenters. The molecule has 5 rings (SSSR count). The molecule has 1 aliphatic rings. The number of fused-ring (bicyclic) bond motifs is 1. The molecular weight excluding hydrogens is 513 g/mol. The highest BCUT2D eigenvalue weighted by molar-refractivity contribution is 6.30. The number of nitrogens with zero attached hydrogens (tertiary/aromatic N) is 6. The number of piperazine rings is 1. The second kappa shape index (κ2) is 10.4. The molecule has 1 saturated heterocycles. The maximum absolute atomic E-state index is 13.5. The lowest BCUT2D eigenvalue weighted by atomic mass is 10.2. The van der Waals surface area contributed by atoms with E-state index in [2.05, 4.69) is 5.32 Å². The molecular formula is C26H27ClFN7O3. The minimum absolute atomic E-state index is 0.122. The number of imidazole rings is 1. The molecule has 12 heteroatoms. The zero-order valence-corrected chi connectivity index (χ0v) is 21.8. The summed E-state index contributed by atoms with van der Waals surface area (Å²) >= 11 is 5.91. The van der Waals surface area contributed by atoms with Crippen LogP contribution in [0.15, 0.2) is 58.1 Å². The smallest absolute Gasteiger partial charge is 0.332 e. The van der Waals surface area contributed by atoms with Gasteiger partial charge in [-0.05, 0) is 42.0 Å². The van der Waals surface area contributed by atoms with E-state index in [4.69, 9.17) is 16.6 Å². The quantitative estimate of drug-likeness (QED) is 0.403. The summed E-state index contributed by atoms with van der Waals surface area (Å²) < 4.78 is 17.7. The Morgan fingerprint density at radius 3 is 2.29 bits per heavy atom. The molecule has 1 aliphatic heterocycles. The van der Waals surface area contributed by atoms with Crippen LogP contribution in [0, 0.1) is 5.82 Å². The number of nitrogens with one attached hydrogen (secondary N) is 1. The van der Waals surface area contributed by atoms with Gasteiger partial charge in [-0.2, -0.15) is 4.98 Å². The van der Waals surface area contributed by atoms with E-state index in [0.717, 1.165) is 10.1 Å². The summed E-state index contributed by atoms with van der Waals surface area (Å²) in [6.45, 7) is 2.85. The Kier molecular flexibility index (Phi) is 7.04. The number of benzene rings is 2. The number of aryl methyl sites for hydroxylation is 1. The van der Waals surface area contributed by atoms with Crippen LogP contribution in [-0.2, 0) is 25.4 Å². The number of carbonyl (C=O) groups excluding carboxylic acids is 1. The summed E-state index contributed by atoms with van der Waals surface area (Å²) in [5, 5.41) is 3.47. The summed E-state index contributed by atoms with van der Waals surface area (Å²) in [5.41, 5.74) is 1.16. The zero-order chi connectivity index (χ0) is 27.0. The molecule has 10 nitrogen and oxygen atoms in total. The van der Waals surface area contributed by atoms with Crippen molar-refractivity contribution in [1.29, 1.82) is 0 Å². The molecule has 0 radical (unpaired) electrons. The predicted molar refractivity (Wildman–Crippen MR) is 144 cm³/mol. The van der Waals surface area contributed by atoms with E-state index in [1.807, 2.05) is 9.80 Å². The van der Waals surface area contributed by atoms with Gasteiger partial charge in [0.15, 0.2) is 11.2 Å². The van der Waals surface area contributed by atoms with Crippen LogP contribution >= 0.6 is 11.6 Å². The van der Waals surface area contributed by atoms with E-state index < -0.39 is 11.2 Å². The van der Waals surface area contributed by atoms with Crippen LogP contribution < -0.4 is 21.5 Å². The molecule has 4 aromatic rings. The molecule has 38 heavy (non-hydrogen) atoms. The Balaban J connectivity index is 1.38. The van der Waals surface area contributed by atoms with Gasteiger partial charge >= 0.3 is 5.69 Å². The fraction of sp³-hybridized carbons (Fsp3) is 0.308. The monoisotopic (exact) mass is 539 g/mol. The lowest BCUT2D eigenvalue weighted by Gasteiger charge is -2.35. The summed E-state index contributed by atoms with van der Waals surface area (Å²) in [4.78, 5) is 47.1. The molecule has 1 N–H and O–H groups in total. The molecule has 3 heterocycles. The second-order valence-corrected chi connectivity index (χ2v) is 9.76. The van der Waals surface area contributed by atoms with Crippen LogP contribution in [0.2, 0.25) is 5.02 Å². The number of amides is 1. The van der Waals surface area contributed by atoms with Gasteiger partial charge in [-0.3, -0.25) is 28.2 Å². The molecule has 2 aromatic heterocycles. The summed E-state index contributed by atoms with van der Waals surface area (Å²) in [6, 6.07) is 13.0. The Bertz CT molecular complexity index is 1600. The van der Waals surface area contributed by atoms with Gasteiger partial charge in [0.2, 0.25) is 11.9 Å². The maximum Gasteiger partial charge on any atom is 0.332 e. The standard InChI is InChI=1S/C26H27ClFN7O3/c1-31-23-22(24(37)32(2)26(31)38)35(15-17-3-7-19(28)8-4-17)25(30-23)34-13-11-33(12-14-34)16-21(36)29-20-9-5-18(27)6-10-20/h3-10H,11-16H2,1-2H3,(H,29,36). The predicted octanol–water partition coefficient (Wildman–Crippen LogP) is 2.04. The third-order valence-corrected chi connectivity index (χ3v) is 6.98. The van der Waals surface area contributed by atoms with Crippen molar-refractivity contribution < 1.29 is 9.18 Å². The van der Waals surface area contributed by atoms with Crippen LogP contribution in [-0.4, -0.2) is 62.2 Å². The molecule has 0 aliphatic carbocycles. The highest BCUT2D eigenvalue weighted by atomic mass is 35.5. The van der Waals surface area contributed by atoms with Crippen molar-refractivity contribution in [3.63, 3.8) is 0 Å². The first-order valence-electron chi connectivity index (χ1n) is 12.1. The first kappa shape index (κ1) is 25.7. The van der Waals surface area contributed by atoms with Crippen molar-refractivity contribution in [3.8, 4) is 0 Å². The van der Waals surface area contributed by atoms with E-state index in [0.29, 0.717) is 54.0 Å². The largest absolute Gasteiger partial charge is 0.340 e. The van der Waals surface area contributed by atoms with Gasteiger partial charge < -0.3 is 10.2 Å². The van der Waals surface area contributed by atoms with Crippen molar-refractivity contribution in [3.05, 3.63) is 85.8 Å². The van der Waals surface area contributed by atoms with E-state index in [9.17, 15) is 18.8 Å². The van der Waals surface area contributed by atoms with Crippen LogP contribution in [0.5, 0.6) is 0 Å². The number of rotatable bonds is 6. The number of aromatic nitrogens is 4. The maximum atomic E-state index is 13.5. The number of hydrogen-bond donors (Lipinski definition) is 1. The van der Waals surface area contributed by atoms with Gasteiger partial charge in [0, 0.05) is 51.0 Å². The number of halogens is 2. The van der Waals surface area contributed by atoms with E-state index in [1.165, 1.54) is 23.7 Å². The summed E-state index contributed by atoms with van der Waals surface area (Å²) in [7, 11) is 3.02. The SMILES string of the molecule is Cn1c(=O)c2c(nc(N3CCN(CC(=O)Nc4ccc(Cl)cc4)CC3)n2Cc2ccc(F)cc2)n(C)c1=O. The fourth-order valence-electron chi connectivity index (χ4n) is 4.64. The number of carbonyl (C=O) groups is 1. The van der Waals surface area contributed by atoms with Gasteiger partial charge in [-0.1, -0.05) is 23.7 Å². The summed E-state index contributed by atoms with van der Waals surface area (Å²) in [5.74, 6) is 0.0784. The fourth-order valence-corrected chi connectivity index (χ4v) is 4.77. The van der Waals surface area contributed by atoms with Crippen molar-refractivity contribution in [2.75, 3.05) is 42.9 Å². The van der Waals surface area contributed by atoms with Gasteiger partial charge in [-0.25, -0.2) is 9.18 Å². The normalized spacial score (nSPS) is 14.3. The van der Waals surface area contributed by atoms with Crippen molar-refractivity contribution in [1.82, 2.24) is 23.6 Å². The third-order valence-electron chi connectivity index (χ3n) is 6.73. The Morgan fingerprint density at radius 2 is 1.63 bits per heavy atom. The molecule has 0 saturated carbocycles. The average molecular weight is 540 g/mol. The van der Waals surface area contributed by atoms with E-state index in [1.54, 1.807) is 48.0 Å². The average Bonchev–Trinajstić information content (AvgIpc) is 3.28. The van der Waals surface area contributed by atoms with E-state index >= 15 is 0 Å².